The number of rotatable bonds is 4. The molecular formula is C12H12B2O5. The molecule has 0 heterocycles. The van der Waals surface area contributed by atoms with E-state index in [0.29, 0.717) is 22.4 Å². The number of hydrogen-bond donors (Lipinski definition) is 4. The van der Waals surface area contributed by atoms with Gasteiger partial charge in [0.15, 0.2) is 0 Å². The molecule has 2 aromatic rings. The van der Waals surface area contributed by atoms with E-state index in [1.54, 1.807) is 48.5 Å². The maximum Gasteiger partial charge on any atom is 0.488 e. The summed E-state index contributed by atoms with van der Waals surface area (Å²) in [6, 6.07) is 12.6. The van der Waals surface area contributed by atoms with Crippen LogP contribution >= 0.6 is 0 Å². The van der Waals surface area contributed by atoms with Gasteiger partial charge in [0.25, 0.3) is 0 Å². The Morgan fingerprint density at radius 1 is 0.579 bits per heavy atom. The van der Waals surface area contributed by atoms with Gasteiger partial charge < -0.3 is 24.8 Å². The molecule has 0 spiro atoms. The zero-order valence-corrected chi connectivity index (χ0v) is 9.97. The fraction of sp³-hybridized carbons (Fsp3) is 0. The number of ether oxygens (including phenoxy) is 1. The van der Waals surface area contributed by atoms with Crippen molar-refractivity contribution in [1.82, 2.24) is 0 Å². The minimum absolute atomic E-state index is 0.381. The van der Waals surface area contributed by atoms with Crippen LogP contribution in [0, 0.1) is 0 Å². The van der Waals surface area contributed by atoms with Crippen LogP contribution in [0.1, 0.15) is 0 Å². The van der Waals surface area contributed by atoms with Gasteiger partial charge in [0.1, 0.15) is 11.5 Å². The third kappa shape index (κ3) is 3.59. The summed E-state index contributed by atoms with van der Waals surface area (Å²) < 4.78 is 5.52. The van der Waals surface area contributed by atoms with Gasteiger partial charge in [-0.05, 0) is 35.2 Å². The molecule has 19 heavy (non-hydrogen) atoms. The van der Waals surface area contributed by atoms with Gasteiger partial charge >= 0.3 is 14.2 Å². The molecule has 0 fully saturated rings. The summed E-state index contributed by atoms with van der Waals surface area (Å²) in [6.07, 6.45) is 0. The van der Waals surface area contributed by atoms with E-state index in [2.05, 4.69) is 0 Å². The summed E-state index contributed by atoms with van der Waals surface area (Å²) in [7, 11) is -3.00. The third-order valence-corrected chi connectivity index (χ3v) is 2.59. The fourth-order valence-electron chi connectivity index (χ4n) is 1.55. The molecule has 0 bridgehead atoms. The Bertz CT molecular complexity index is 475. The SMILES string of the molecule is OB(O)c1ccc(Oc2ccc(B(O)O)cc2)cc1. The Hall–Kier alpha value is -1.79. The minimum Gasteiger partial charge on any atom is -0.457 e. The first-order valence-electron chi connectivity index (χ1n) is 5.66. The van der Waals surface area contributed by atoms with Crippen LogP contribution in [0.5, 0.6) is 11.5 Å². The molecule has 4 N–H and O–H groups in total. The summed E-state index contributed by atoms with van der Waals surface area (Å²) in [4.78, 5) is 0. The molecule has 0 saturated heterocycles. The van der Waals surface area contributed by atoms with Gasteiger partial charge in [-0.2, -0.15) is 0 Å². The van der Waals surface area contributed by atoms with E-state index in [0.717, 1.165) is 0 Å². The molecule has 0 unspecified atom stereocenters. The van der Waals surface area contributed by atoms with Crippen molar-refractivity contribution >= 4 is 25.2 Å². The van der Waals surface area contributed by atoms with Gasteiger partial charge in [-0.25, -0.2) is 0 Å². The van der Waals surface area contributed by atoms with Crippen molar-refractivity contribution in [2.75, 3.05) is 0 Å². The molecule has 7 heteroatoms. The van der Waals surface area contributed by atoms with E-state index < -0.39 is 14.2 Å². The van der Waals surface area contributed by atoms with Crippen LogP contribution in [0.4, 0.5) is 0 Å². The lowest BCUT2D eigenvalue weighted by atomic mass is 9.80. The van der Waals surface area contributed by atoms with Crippen molar-refractivity contribution in [3.05, 3.63) is 48.5 Å². The third-order valence-electron chi connectivity index (χ3n) is 2.59. The predicted octanol–water partition coefficient (Wildman–Crippen LogP) is -1.16. The zero-order valence-electron chi connectivity index (χ0n) is 9.97. The standard InChI is InChI=1S/C12H12B2O5/c15-13(16)9-1-5-11(6-2-9)19-12-7-3-10(4-8-12)14(17)18/h1-8,15-18H. The first kappa shape index (κ1) is 13.6. The molecule has 0 radical (unpaired) electrons. The van der Waals surface area contributed by atoms with Crippen molar-refractivity contribution in [3.63, 3.8) is 0 Å². The lowest BCUT2D eigenvalue weighted by molar-refractivity contribution is 0.424. The molecule has 96 valence electrons. The molecule has 0 aliphatic rings. The maximum atomic E-state index is 8.95. The molecule has 2 rings (SSSR count). The van der Waals surface area contributed by atoms with Crippen LogP contribution in [-0.2, 0) is 0 Å². The molecule has 0 aliphatic heterocycles. The molecule has 0 aliphatic carbocycles. The highest BCUT2D eigenvalue weighted by Crippen LogP contribution is 2.19. The van der Waals surface area contributed by atoms with Gasteiger partial charge in [0, 0.05) is 0 Å². The summed E-state index contributed by atoms with van der Waals surface area (Å²) in [5.41, 5.74) is 0.761. The summed E-state index contributed by atoms with van der Waals surface area (Å²) in [5.74, 6) is 1.09. The van der Waals surface area contributed by atoms with Crippen molar-refractivity contribution < 1.29 is 24.8 Å². The average Bonchev–Trinajstić information content (AvgIpc) is 2.40. The number of benzene rings is 2. The highest BCUT2D eigenvalue weighted by molar-refractivity contribution is 6.58. The van der Waals surface area contributed by atoms with Crippen LogP contribution in [0.15, 0.2) is 48.5 Å². The first-order chi connectivity index (χ1) is 9.06. The monoisotopic (exact) mass is 258 g/mol. The Morgan fingerprint density at radius 3 is 1.16 bits per heavy atom. The van der Waals surface area contributed by atoms with Gasteiger partial charge in [-0.3, -0.25) is 0 Å². The van der Waals surface area contributed by atoms with E-state index in [1.165, 1.54) is 0 Å². The van der Waals surface area contributed by atoms with Crippen LogP contribution in [0.2, 0.25) is 0 Å². The Morgan fingerprint density at radius 2 is 0.895 bits per heavy atom. The summed E-state index contributed by atoms with van der Waals surface area (Å²) in [6.45, 7) is 0. The molecule has 5 nitrogen and oxygen atoms in total. The second kappa shape index (κ2) is 5.90. The molecule has 2 aromatic carbocycles. The van der Waals surface area contributed by atoms with Crippen molar-refractivity contribution in [2.45, 2.75) is 0 Å². The van der Waals surface area contributed by atoms with Crippen LogP contribution in [0.25, 0.3) is 0 Å². The van der Waals surface area contributed by atoms with Crippen molar-refractivity contribution in [2.24, 2.45) is 0 Å². The van der Waals surface area contributed by atoms with Gasteiger partial charge in [-0.15, -0.1) is 0 Å². The lowest BCUT2D eigenvalue weighted by Crippen LogP contribution is -2.29. The summed E-state index contributed by atoms with van der Waals surface area (Å²) >= 11 is 0. The topological polar surface area (TPSA) is 90.2 Å². The Labute approximate surface area is 111 Å². The summed E-state index contributed by atoms with van der Waals surface area (Å²) in [5, 5.41) is 35.8. The molecule has 0 atom stereocenters. The highest BCUT2D eigenvalue weighted by atomic mass is 16.5. The van der Waals surface area contributed by atoms with E-state index >= 15 is 0 Å². The number of hydrogen-bond acceptors (Lipinski definition) is 5. The van der Waals surface area contributed by atoms with E-state index in [4.69, 9.17) is 24.8 Å². The second-order valence-corrected chi connectivity index (χ2v) is 3.99. The quantitative estimate of drug-likeness (QED) is 0.519. The van der Waals surface area contributed by atoms with Crippen LogP contribution < -0.4 is 15.7 Å². The Kier molecular flexibility index (Phi) is 4.24. The molecule has 0 amide bonds. The van der Waals surface area contributed by atoms with Crippen LogP contribution in [0.3, 0.4) is 0 Å². The normalized spacial score (nSPS) is 10.1. The smallest absolute Gasteiger partial charge is 0.457 e. The molecule has 0 aromatic heterocycles. The van der Waals surface area contributed by atoms with Crippen LogP contribution in [-0.4, -0.2) is 34.3 Å². The zero-order chi connectivity index (χ0) is 13.8. The molecular weight excluding hydrogens is 246 g/mol. The van der Waals surface area contributed by atoms with E-state index in [-0.39, 0.29) is 0 Å². The van der Waals surface area contributed by atoms with Gasteiger partial charge in [0.05, 0.1) is 0 Å². The van der Waals surface area contributed by atoms with Crippen molar-refractivity contribution in [3.8, 4) is 11.5 Å². The highest BCUT2D eigenvalue weighted by Gasteiger charge is 2.11. The van der Waals surface area contributed by atoms with E-state index in [9.17, 15) is 0 Å². The van der Waals surface area contributed by atoms with Gasteiger partial charge in [-0.1, -0.05) is 24.3 Å². The largest absolute Gasteiger partial charge is 0.488 e. The minimum atomic E-state index is -1.50. The molecule has 0 saturated carbocycles. The average molecular weight is 258 g/mol. The predicted molar refractivity (Wildman–Crippen MR) is 72.6 cm³/mol. The fourth-order valence-corrected chi connectivity index (χ4v) is 1.55. The van der Waals surface area contributed by atoms with E-state index in [1.807, 2.05) is 0 Å². The van der Waals surface area contributed by atoms with Gasteiger partial charge in [0.2, 0.25) is 0 Å². The van der Waals surface area contributed by atoms with Crippen molar-refractivity contribution in [1.29, 1.82) is 0 Å². The first-order valence-corrected chi connectivity index (χ1v) is 5.66. The lowest BCUT2D eigenvalue weighted by Gasteiger charge is -2.07. The Balaban J connectivity index is 2.08. The maximum absolute atomic E-state index is 8.95. The second-order valence-electron chi connectivity index (χ2n) is 3.99.